The van der Waals surface area contributed by atoms with Crippen molar-refractivity contribution in [2.24, 2.45) is 0 Å². The highest BCUT2D eigenvalue weighted by molar-refractivity contribution is 6.44. The van der Waals surface area contributed by atoms with E-state index in [2.05, 4.69) is 21.0 Å². The lowest BCUT2D eigenvalue weighted by Crippen LogP contribution is -2.41. The van der Waals surface area contributed by atoms with Gasteiger partial charge < -0.3 is 13.3 Å². The van der Waals surface area contributed by atoms with Crippen LogP contribution in [0.3, 0.4) is 0 Å². The fraction of sp³-hybridized carbons (Fsp3) is 1.00. The minimum absolute atomic E-state index is 1.13. The molecule has 29 heavy (non-hydrogen) atoms. The van der Waals surface area contributed by atoms with Crippen molar-refractivity contribution in [2.45, 2.75) is 122 Å². The Balaban J connectivity index is 3.31. The molecule has 0 aliphatic carbocycles. The predicted octanol–water partition coefficient (Wildman–Crippen LogP) is 7.23. The molecule has 0 N–H and O–H groups in total. The normalized spacial score (nSPS) is 12.2. The molecule has 0 unspecified atom stereocenters. The van der Waals surface area contributed by atoms with Gasteiger partial charge >= 0.3 is 9.28 Å². The van der Waals surface area contributed by atoms with Gasteiger partial charge in [0.2, 0.25) is 0 Å². The summed E-state index contributed by atoms with van der Waals surface area (Å²) < 4.78 is 12.0. The SMILES string of the molecule is CCCCCCCCCCCCCCCCCC[N+](C)(C)CCC[SiH](OC)OC. The van der Waals surface area contributed by atoms with E-state index < -0.39 is 9.28 Å². The van der Waals surface area contributed by atoms with Crippen LogP contribution in [0.15, 0.2) is 0 Å². The maximum atomic E-state index is 5.42. The van der Waals surface area contributed by atoms with Crippen molar-refractivity contribution in [3.63, 3.8) is 0 Å². The zero-order chi connectivity index (χ0) is 21.6. The summed E-state index contributed by atoms with van der Waals surface area (Å²) in [4.78, 5) is 0. The fourth-order valence-corrected chi connectivity index (χ4v) is 5.40. The summed E-state index contributed by atoms with van der Waals surface area (Å²) in [6.07, 6.45) is 24.3. The monoisotopic (exact) mass is 430 g/mol. The van der Waals surface area contributed by atoms with Crippen LogP contribution >= 0.6 is 0 Å². The second-order valence-corrected chi connectivity index (χ2v) is 12.1. The van der Waals surface area contributed by atoms with Crippen molar-refractivity contribution in [3.8, 4) is 0 Å². The molecule has 0 heterocycles. The van der Waals surface area contributed by atoms with E-state index in [-0.39, 0.29) is 0 Å². The van der Waals surface area contributed by atoms with E-state index in [0.717, 1.165) is 10.5 Å². The summed E-state index contributed by atoms with van der Waals surface area (Å²) in [5.41, 5.74) is 0. The van der Waals surface area contributed by atoms with Gasteiger partial charge in [0.05, 0.1) is 27.2 Å². The molecule has 4 heteroatoms. The molecule has 0 aliphatic rings. The Kier molecular flexibility index (Phi) is 21.4. The van der Waals surface area contributed by atoms with Crippen molar-refractivity contribution in [1.29, 1.82) is 0 Å². The molecule has 176 valence electrons. The van der Waals surface area contributed by atoms with Gasteiger partial charge in [-0.2, -0.15) is 0 Å². The Hall–Kier alpha value is 0.0969. The number of unbranched alkanes of at least 4 members (excludes halogenated alkanes) is 15. The van der Waals surface area contributed by atoms with Crippen LogP contribution in [0, 0.1) is 0 Å². The average Bonchev–Trinajstić information content (AvgIpc) is 2.71. The first-order valence-corrected chi connectivity index (χ1v) is 14.7. The standard InChI is InChI=1S/C25H56NO2Si/c1-6-7-8-9-10-11-12-13-14-15-16-17-18-19-20-21-23-26(2,3)24-22-25-29(27-4)28-5/h29H,6-25H2,1-5H3/q+1. The largest absolute Gasteiger partial charge is 0.400 e. The molecule has 0 aromatic rings. The second kappa shape index (κ2) is 21.3. The molecule has 0 atom stereocenters. The van der Waals surface area contributed by atoms with Gasteiger partial charge in [-0.15, -0.1) is 0 Å². The molecule has 0 fully saturated rings. The molecule has 0 aromatic heterocycles. The highest BCUT2D eigenvalue weighted by Gasteiger charge is 2.16. The predicted molar refractivity (Wildman–Crippen MR) is 132 cm³/mol. The highest BCUT2D eigenvalue weighted by atomic mass is 28.3. The number of hydrogen-bond donors (Lipinski definition) is 0. The van der Waals surface area contributed by atoms with E-state index in [9.17, 15) is 0 Å². The second-order valence-electron chi connectivity index (χ2n) is 9.73. The van der Waals surface area contributed by atoms with Crippen LogP contribution in [-0.4, -0.2) is 55.2 Å². The molecular weight excluding hydrogens is 374 g/mol. The number of nitrogens with zero attached hydrogens (tertiary/aromatic N) is 1. The van der Waals surface area contributed by atoms with Crippen LogP contribution in [0.4, 0.5) is 0 Å². The Bertz CT molecular complexity index is 322. The maximum absolute atomic E-state index is 5.42. The van der Waals surface area contributed by atoms with Gasteiger partial charge in [-0.25, -0.2) is 0 Å². The van der Waals surface area contributed by atoms with Gasteiger partial charge in [-0.05, 0) is 25.3 Å². The van der Waals surface area contributed by atoms with Crippen LogP contribution in [0.2, 0.25) is 6.04 Å². The van der Waals surface area contributed by atoms with Gasteiger partial charge in [0.1, 0.15) is 0 Å². The lowest BCUT2D eigenvalue weighted by atomic mass is 10.0. The quantitative estimate of drug-likeness (QED) is 0.0967. The molecule has 3 nitrogen and oxygen atoms in total. The third-order valence-electron chi connectivity index (χ3n) is 6.35. The molecule has 0 aliphatic heterocycles. The summed E-state index contributed by atoms with van der Waals surface area (Å²) in [7, 11) is 6.97. The molecule has 0 rings (SSSR count). The van der Waals surface area contributed by atoms with Crippen LogP contribution in [0.5, 0.6) is 0 Å². The maximum Gasteiger partial charge on any atom is 0.321 e. The Morgan fingerprint density at radius 3 is 1.24 bits per heavy atom. The van der Waals surface area contributed by atoms with Crippen molar-refractivity contribution in [3.05, 3.63) is 0 Å². The molecular formula is C25H56NO2Si+. The molecule has 0 aromatic carbocycles. The Morgan fingerprint density at radius 2 is 0.862 bits per heavy atom. The lowest BCUT2D eigenvalue weighted by molar-refractivity contribution is -0.890. The third-order valence-corrected chi connectivity index (χ3v) is 8.28. The lowest BCUT2D eigenvalue weighted by Gasteiger charge is -2.30. The first-order chi connectivity index (χ1) is 14.1. The van der Waals surface area contributed by atoms with Crippen molar-refractivity contribution >= 4 is 9.28 Å². The topological polar surface area (TPSA) is 18.5 Å². The summed E-state index contributed by atoms with van der Waals surface area (Å²) in [5.74, 6) is 0. The zero-order valence-electron chi connectivity index (χ0n) is 21.0. The van der Waals surface area contributed by atoms with E-state index >= 15 is 0 Å². The first kappa shape index (κ1) is 29.1. The van der Waals surface area contributed by atoms with Crippen LogP contribution in [0.1, 0.15) is 116 Å². The Labute approximate surface area is 186 Å². The molecule has 0 amide bonds. The summed E-state index contributed by atoms with van der Waals surface area (Å²) >= 11 is 0. The Morgan fingerprint density at radius 1 is 0.517 bits per heavy atom. The number of rotatable bonds is 23. The van der Waals surface area contributed by atoms with Crippen molar-refractivity contribution in [2.75, 3.05) is 41.4 Å². The molecule has 0 saturated carbocycles. The van der Waals surface area contributed by atoms with Gasteiger partial charge in [-0.3, -0.25) is 0 Å². The summed E-state index contributed by atoms with van der Waals surface area (Å²) in [6, 6.07) is 1.13. The third kappa shape index (κ3) is 21.1. The number of hydrogen-bond acceptors (Lipinski definition) is 2. The van der Waals surface area contributed by atoms with Crippen LogP contribution in [-0.2, 0) is 8.85 Å². The zero-order valence-corrected chi connectivity index (χ0v) is 22.1. The van der Waals surface area contributed by atoms with E-state index in [1.807, 2.05) is 0 Å². The van der Waals surface area contributed by atoms with E-state index in [4.69, 9.17) is 8.85 Å². The van der Waals surface area contributed by atoms with E-state index in [1.54, 1.807) is 14.2 Å². The van der Waals surface area contributed by atoms with E-state index in [0.29, 0.717) is 0 Å². The van der Waals surface area contributed by atoms with Crippen LogP contribution in [0.25, 0.3) is 0 Å². The van der Waals surface area contributed by atoms with Gasteiger partial charge in [0, 0.05) is 14.2 Å². The van der Waals surface area contributed by atoms with E-state index in [1.165, 1.54) is 122 Å². The average molecular weight is 431 g/mol. The first-order valence-electron chi connectivity index (χ1n) is 12.9. The minimum atomic E-state index is -1.36. The van der Waals surface area contributed by atoms with Gasteiger partial charge in [0.25, 0.3) is 0 Å². The summed E-state index contributed by atoms with van der Waals surface area (Å²) in [6.45, 7) is 4.85. The molecule has 0 radical (unpaired) electrons. The molecule has 0 saturated heterocycles. The van der Waals surface area contributed by atoms with Gasteiger partial charge in [-0.1, -0.05) is 96.8 Å². The smallest absolute Gasteiger partial charge is 0.321 e. The van der Waals surface area contributed by atoms with Crippen LogP contribution < -0.4 is 0 Å². The molecule has 0 bridgehead atoms. The van der Waals surface area contributed by atoms with Gasteiger partial charge in [0.15, 0.2) is 0 Å². The highest BCUT2D eigenvalue weighted by Crippen LogP contribution is 2.14. The summed E-state index contributed by atoms with van der Waals surface area (Å²) in [5, 5.41) is 0. The number of quaternary nitrogens is 1. The fourth-order valence-electron chi connectivity index (χ4n) is 4.22. The van der Waals surface area contributed by atoms with Crippen molar-refractivity contribution < 1.29 is 13.3 Å². The minimum Gasteiger partial charge on any atom is -0.400 e. The van der Waals surface area contributed by atoms with Crippen molar-refractivity contribution in [1.82, 2.24) is 0 Å². The molecule has 0 spiro atoms.